The number of nitrogens with one attached hydrogen (secondary N) is 1. The Hall–Kier alpha value is -2.78. The van der Waals surface area contributed by atoms with Crippen LogP contribution < -0.4 is 5.32 Å². The SMILES string of the molecule is O=C(Nc1ccncc1F)c1cncc(C#CCCO)c1. The molecule has 21 heavy (non-hydrogen) atoms. The van der Waals surface area contributed by atoms with Gasteiger partial charge in [-0.1, -0.05) is 11.8 Å². The summed E-state index contributed by atoms with van der Waals surface area (Å²) in [6.45, 7) is -0.0259. The number of aliphatic hydroxyl groups is 1. The monoisotopic (exact) mass is 285 g/mol. The van der Waals surface area contributed by atoms with Gasteiger partial charge in [0.05, 0.1) is 24.1 Å². The molecular formula is C15H12FN3O2. The van der Waals surface area contributed by atoms with Crippen LogP contribution in [0.4, 0.5) is 10.1 Å². The topological polar surface area (TPSA) is 75.1 Å². The lowest BCUT2D eigenvalue weighted by Crippen LogP contribution is -2.13. The molecule has 5 nitrogen and oxygen atoms in total. The Morgan fingerprint density at radius 2 is 2.19 bits per heavy atom. The summed E-state index contributed by atoms with van der Waals surface area (Å²) < 4.78 is 13.4. The molecule has 2 aromatic rings. The number of aliphatic hydroxyl groups excluding tert-OH is 1. The van der Waals surface area contributed by atoms with Crippen molar-refractivity contribution in [2.24, 2.45) is 0 Å². The summed E-state index contributed by atoms with van der Waals surface area (Å²) in [6, 6.07) is 2.91. The van der Waals surface area contributed by atoms with Gasteiger partial charge in [-0.2, -0.15) is 0 Å². The van der Waals surface area contributed by atoms with Gasteiger partial charge in [0.2, 0.25) is 0 Å². The maximum atomic E-state index is 13.4. The van der Waals surface area contributed by atoms with Gasteiger partial charge < -0.3 is 10.4 Å². The van der Waals surface area contributed by atoms with Gasteiger partial charge in [-0.05, 0) is 12.1 Å². The van der Waals surface area contributed by atoms with E-state index >= 15 is 0 Å². The number of halogens is 1. The van der Waals surface area contributed by atoms with E-state index in [1.165, 1.54) is 24.7 Å². The molecule has 0 aliphatic carbocycles. The van der Waals surface area contributed by atoms with Crippen LogP contribution in [-0.4, -0.2) is 27.6 Å². The Balaban J connectivity index is 2.15. The van der Waals surface area contributed by atoms with Gasteiger partial charge in [0.1, 0.15) is 0 Å². The van der Waals surface area contributed by atoms with Crippen LogP contribution in [0.5, 0.6) is 0 Å². The van der Waals surface area contributed by atoms with Crippen molar-refractivity contribution in [1.29, 1.82) is 0 Å². The summed E-state index contributed by atoms with van der Waals surface area (Å²) in [5.41, 5.74) is 0.861. The number of anilines is 1. The fourth-order valence-corrected chi connectivity index (χ4v) is 1.52. The third-order valence-electron chi connectivity index (χ3n) is 2.49. The first-order chi connectivity index (χ1) is 10.2. The minimum Gasteiger partial charge on any atom is -0.395 e. The van der Waals surface area contributed by atoms with Crippen molar-refractivity contribution in [3.63, 3.8) is 0 Å². The van der Waals surface area contributed by atoms with Crippen LogP contribution in [0.1, 0.15) is 22.3 Å². The van der Waals surface area contributed by atoms with Gasteiger partial charge in [-0.3, -0.25) is 14.8 Å². The molecule has 0 aliphatic rings. The Labute approximate surface area is 120 Å². The van der Waals surface area contributed by atoms with Crippen LogP contribution >= 0.6 is 0 Å². The molecule has 0 bridgehead atoms. The maximum absolute atomic E-state index is 13.4. The van der Waals surface area contributed by atoms with E-state index in [9.17, 15) is 9.18 Å². The fourth-order valence-electron chi connectivity index (χ4n) is 1.52. The van der Waals surface area contributed by atoms with Crippen LogP contribution in [0, 0.1) is 17.7 Å². The molecule has 0 aromatic carbocycles. The molecule has 0 fully saturated rings. The van der Waals surface area contributed by atoms with E-state index in [2.05, 4.69) is 27.1 Å². The first-order valence-corrected chi connectivity index (χ1v) is 6.16. The fraction of sp³-hybridized carbons (Fsp3) is 0.133. The van der Waals surface area contributed by atoms with E-state index < -0.39 is 11.7 Å². The predicted molar refractivity (Wildman–Crippen MR) is 75.0 cm³/mol. The van der Waals surface area contributed by atoms with Crippen LogP contribution in [0.15, 0.2) is 36.9 Å². The van der Waals surface area contributed by atoms with E-state index in [0.29, 0.717) is 12.0 Å². The molecule has 0 unspecified atom stereocenters. The molecular weight excluding hydrogens is 273 g/mol. The first kappa shape index (κ1) is 14.6. The summed E-state index contributed by atoms with van der Waals surface area (Å²) in [5, 5.41) is 11.1. The number of pyridine rings is 2. The molecule has 2 N–H and O–H groups in total. The second-order valence-corrected chi connectivity index (χ2v) is 4.05. The summed E-state index contributed by atoms with van der Waals surface area (Å²) in [4.78, 5) is 19.5. The zero-order chi connectivity index (χ0) is 15.1. The lowest BCUT2D eigenvalue weighted by Gasteiger charge is -2.05. The molecule has 2 aromatic heterocycles. The number of nitrogens with zero attached hydrogens (tertiary/aromatic N) is 2. The molecule has 2 heterocycles. The standard InChI is InChI=1S/C15H12FN3O2/c16-13-10-17-5-4-14(13)19-15(21)12-7-11(8-18-9-12)3-1-2-6-20/h4-5,7-10,20H,2,6H2,(H,17,19,21). The number of amides is 1. The van der Waals surface area contributed by atoms with Crippen molar-refractivity contribution in [3.8, 4) is 11.8 Å². The third-order valence-corrected chi connectivity index (χ3v) is 2.49. The van der Waals surface area contributed by atoms with E-state index in [-0.39, 0.29) is 17.9 Å². The molecule has 0 saturated carbocycles. The smallest absolute Gasteiger partial charge is 0.257 e. The summed E-state index contributed by atoms with van der Waals surface area (Å²) in [7, 11) is 0. The number of aromatic nitrogens is 2. The Bertz CT molecular complexity index is 707. The molecule has 0 saturated heterocycles. The molecule has 0 aliphatic heterocycles. The molecule has 1 amide bonds. The largest absolute Gasteiger partial charge is 0.395 e. The minimum absolute atomic E-state index is 0.0259. The number of rotatable bonds is 3. The van der Waals surface area contributed by atoms with Crippen molar-refractivity contribution >= 4 is 11.6 Å². The first-order valence-electron chi connectivity index (χ1n) is 6.16. The quantitative estimate of drug-likeness (QED) is 0.840. The average Bonchev–Trinajstić information content (AvgIpc) is 2.50. The van der Waals surface area contributed by atoms with Gasteiger partial charge in [0.25, 0.3) is 5.91 Å². The van der Waals surface area contributed by atoms with Crippen LogP contribution in [0.3, 0.4) is 0 Å². The van der Waals surface area contributed by atoms with Gasteiger partial charge in [0.15, 0.2) is 5.82 Å². The Kier molecular flexibility index (Phi) is 4.96. The minimum atomic E-state index is -0.613. The van der Waals surface area contributed by atoms with E-state index in [0.717, 1.165) is 6.20 Å². The highest BCUT2D eigenvalue weighted by molar-refractivity contribution is 6.04. The van der Waals surface area contributed by atoms with Crippen molar-refractivity contribution in [3.05, 3.63) is 53.9 Å². The van der Waals surface area contributed by atoms with E-state index in [1.807, 2.05) is 0 Å². The molecule has 0 radical (unpaired) electrons. The summed E-state index contributed by atoms with van der Waals surface area (Å²) in [5.74, 6) is 4.42. The molecule has 0 atom stereocenters. The number of carbonyl (C=O) groups is 1. The van der Waals surface area contributed by atoms with Crippen molar-refractivity contribution < 1.29 is 14.3 Å². The van der Waals surface area contributed by atoms with E-state index in [1.54, 1.807) is 6.07 Å². The highest BCUT2D eigenvalue weighted by atomic mass is 19.1. The molecule has 106 valence electrons. The van der Waals surface area contributed by atoms with Crippen molar-refractivity contribution in [1.82, 2.24) is 9.97 Å². The zero-order valence-electron chi connectivity index (χ0n) is 11.0. The van der Waals surface area contributed by atoms with E-state index in [4.69, 9.17) is 5.11 Å². The summed E-state index contributed by atoms with van der Waals surface area (Å²) in [6.07, 6.45) is 5.62. The highest BCUT2D eigenvalue weighted by Gasteiger charge is 2.09. The molecule has 0 spiro atoms. The second-order valence-electron chi connectivity index (χ2n) is 4.05. The van der Waals surface area contributed by atoms with Crippen LogP contribution in [-0.2, 0) is 0 Å². The second kappa shape index (κ2) is 7.12. The number of hydrogen-bond donors (Lipinski definition) is 2. The van der Waals surface area contributed by atoms with Crippen LogP contribution in [0.2, 0.25) is 0 Å². The highest BCUT2D eigenvalue weighted by Crippen LogP contribution is 2.12. The van der Waals surface area contributed by atoms with Crippen LogP contribution in [0.25, 0.3) is 0 Å². The maximum Gasteiger partial charge on any atom is 0.257 e. The van der Waals surface area contributed by atoms with Gasteiger partial charge in [0, 0.05) is 30.6 Å². The zero-order valence-corrected chi connectivity index (χ0v) is 11.0. The van der Waals surface area contributed by atoms with Gasteiger partial charge in [-0.25, -0.2) is 4.39 Å². The Morgan fingerprint density at radius 3 is 2.95 bits per heavy atom. The predicted octanol–water partition coefficient (Wildman–Crippen LogP) is 1.60. The van der Waals surface area contributed by atoms with Crippen molar-refractivity contribution in [2.75, 3.05) is 11.9 Å². The average molecular weight is 285 g/mol. The third kappa shape index (κ3) is 4.09. The number of hydrogen-bond acceptors (Lipinski definition) is 4. The summed E-state index contributed by atoms with van der Waals surface area (Å²) >= 11 is 0. The van der Waals surface area contributed by atoms with Gasteiger partial charge >= 0.3 is 0 Å². The van der Waals surface area contributed by atoms with Crippen molar-refractivity contribution in [2.45, 2.75) is 6.42 Å². The normalized spacial score (nSPS) is 9.62. The lowest BCUT2D eigenvalue weighted by molar-refractivity contribution is 0.102. The lowest BCUT2D eigenvalue weighted by atomic mass is 10.2. The van der Waals surface area contributed by atoms with Gasteiger partial charge in [-0.15, -0.1) is 0 Å². The Morgan fingerprint density at radius 1 is 1.33 bits per heavy atom. The molecule has 2 rings (SSSR count). The number of carbonyl (C=O) groups excluding carboxylic acids is 1. The molecule has 6 heteroatoms.